The molecule has 9 heavy (non-hydrogen) atoms. The predicted octanol–water partition coefficient (Wildman–Crippen LogP) is 2.10. The predicted molar refractivity (Wildman–Crippen MR) is 39.3 cm³/mol. The molecular weight excluding hydrogens is 112 g/mol. The van der Waals surface area contributed by atoms with Crippen LogP contribution in [0.25, 0.3) is 0 Å². The van der Waals surface area contributed by atoms with Crippen LogP contribution in [0.2, 0.25) is 0 Å². The van der Waals surface area contributed by atoms with Crippen LogP contribution < -0.4 is 0 Å². The molecule has 0 bridgehead atoms. The molecule has 0 N–H and O–H groups in total. The van der Waals surface area contributed by atoms with Gasteiger partial charge in [0.1, 0.15) is 5.78 Å². The van der Waals surface area contributed by atoms with Crippen molar-refractivity contribution < 1.29 is 4.79 Å². The number of rotatable bonds is 4. The molecule has 50 valence electrons. The second-order valence-electron chi connectivity index (χ2n) is 1.76. The lowest BCUT2D eigenvalue weighted by molar-refractivity contribution is -0.117. The zero-order valence-corrected chi connectivity index (χ0v) is 5.76. The van der Waals surface area contributed by atoms with Crippen LogP contribution in [-0.2, 0) is 4.79 Å². The lowest BCUT2D eigenvalue weighted by Gasteiger charge is -1.85. The summed E-state index contributed by atoms with van der Waals surface area (Å²) in [6, 6.07) is 0. The number of hydrogen-bond acceptors (Lipinski definition) is 1. The standard InChI is InChI=1S/C8H12O/c1-3-5-6-7-8(9)4-2/h3,5-6H,1,4,7H2,2H3/b6-5+. The van der Waals surface area contributed by atoms with Gasteiger partial charge in [0.05, 0.1) is 0 Å². The van der Waals surface area contributed by atoms with Crippen molar-refractivity contribution in [3.05, 3.63) is 24.8 Å². The maximum Gasteiger partial charge on any atom is 0.136 e. The molecule has 0 fully saturated rings. The molecule has 0 aromatic rings. The van der Waals surface area contributed by atoms with Crippen molar-refractivity contribution in [2.45, 2.75) is 19.8 Å². The Morgan fingerprint density at radius 2 is 2.33 bits per heavy atom. The second kappa shape index (κ2) is 5.29. The Hall–Kier alpha value is -0.850. The molecule has 0 radical (unpaired) electrons. The lowest BCUT2D eigenvalue weighted by Crippen LogP contribution is -1.90. The molecule has 0 aromatic carbocycles. The van der Waals surface area contributed by atoms with Gasteiger partial charge in [-0.3, -0.25) is 4.79 Å². The van der Waals surface area contributed by atoms with E-state index in [2.05, 4.69) is 6.58 Å². The molecule has 0 rings (SSSR count). The van der Waals surface area contributed by atoms with E-state index in [1.165, 1.54) is 0 Å². The number of ketones is 1. The highest BCUT2D eigenvalue weighted by Crippen LogP contribution is 1.89. The van der Waals surface area contributed by atoms with Crippen LogP contribution >= 0.6 is 0 Å². The zero-order chi connectivity index (χ0) is 7.11. The van der Waals surface area contributed by atoms with Crippen LogP contribution in [0.15, 0.2) is 24.8 Å². The van der Waals surface area contributed by atoms with Crippen LogP contribution in [0.3, 0.4) is 0 Å². The van der Waals surface area contributed by atoms with Crippen molar-refractivity contribution in [3.63, 3.8) is 0 Å². The van der Waals surface area contributed by atoms with Crippen molar-refractivity contribution in [2.75, 3.05) is 0 Å². The van der Waals surface area contributed by atoms with Gasteiger partial charge in [-0.1, -0.05) is 31.7 Å². The highest BCUT2D eigenvalue weighted by atomic mass is 16.1. The molecule has 1 heteroatoms. The van der Waals surface area contributed by atoms with Gasteiger partial charge >= 0.3 is 0 Å². The second-order valence-corrected chi connectivity index (χ2v) is 1.76. The Morgan fingerprint density at radius 1 is 1.67 bits per heavy atom. The van der Waals surface area contributed by atoms with Gasteiger partial charge in [0.25, 0.3) is 0 Å². The molecule has 0 aliphatic heterocycles. The fourth-order valence-electron chi connectivity index (χ4n) is 0.440. The first-order valence-electron chi connectivity index (χ1n) is 3.10. The molecule has 0 unspecified atom stereocenters. The zero-order valence-electron chi connectivity index (χ0n) is 5.76. The third kappa shape index (κ3) is 5.01. The molecule has 0 aliphatic carbocycles. The van der Waals surface area contributed by atoms with Crippen LogP contribution in [0.4, 0.5) is 0 Å². The minimum Gasteiger partial charge on any atom is -0.299 e. The third-order valence-electron chi connectivity index (χ3n) is 1.01. The van der Waals surface area contributed by atoms with Gasteiger partial charge in [0.2, 0.25) is 0 Å². The summed E-state index contributed by atoms with van der Waals surface area (Å²) in [6.07, 6.45) is 6.44. The van der Waals surface area contributed by atoms with E-state index in [4.69, 9.17) is 0 Å². The summed E-state index contributed by atoms with van der Waals surface area (Å²) in [4.78, 5) is 10.6. The van der Waals surface area contributed by atoms with Crippen molar-refractivity contribution in [3.8, 4) is 0 Å². The van der Waals surface area contributed by atoms with Crippen LogP contribution in [0, 0.1) is 0 Å². The molecule has 0 aromatic heterocycles. The molecule has 0 heterocycles. The van der Waals surface area contributed by atoms with Gasteiger partial charge in [0, 0.05) is 12.8 Å². The van der Waals surface area contributed by atoms with Crippen molar-refractivity contribution in [1.82, 2.24) is 0 Å². The fraction of sp³-hybridized carbons (Fsp3) is 0.375. The summed E-state index contributed by atoms with van der Waals surface area (Å²) in [5.74, 6) is 0.271. The molecule has 0 amide bonds. The summed E-state index contributed by atoms with van der Waals surface area (Å²) in [5, 5.41) is 0. The average Bonchev–Trinajstić information content (AvgIpc) is 1.89. The Morgan fingerprint density at radius 3 is 2.78 bits per heavy atom. The maximum absolute atomic E-state index is 10.6. The molecule has 0 atom stereocenters. The summed E-state index contributed by atoms with van der Waals surface area (Å²) in [5.41, 5.74) is 0. The van der Waals surface area contributed by atoms with Gasteiger partial charge in [-0.05, 0) is 0 Å². The fourth-order valence-corrected chi connectivity index (χ4v) is 0.440. The highest BCUT2D eigenvalue weighted by Gasteiger charge is 1.90. The van der Waals surface area contributed by atoms with Crippen molar-refractivity contribution in [2.24, 2.45) is 0 Å². The Kier molecular flexibility index (Phi) is 4.79. The normalized spacial score (nSPS) is 9.89. The molecule has 0 saturated heterocycles. The topological polar surface area (TPSA) is 17.1 Å². The van der Waals surface area contributed by atoms with Crippen LogP contribution in [0.5, 0.6) is 0 Å². The monoisotopic (exact) mass is 124 g/mol. The molecule has 0 spiro atoms. The molecular formula is C8H12O. The largest absolute Gasteiger partial charge is 0.299 e. The van der Waals surface area contributed by atoms with Crippen LogP contribution in [0.1, 0.15) is 19.8 Å². The van der Waals surface area contributed by atoms with E-state index in [0.717, 1.165) is 0 Å². The Labute approximate surface area is 56.1 Å². The summed E-state index contributed by atoms with van der Waals surface area (Å²) < 4.78 is 0. The first-order chi connectivity index (χ1) is 4.31. The summed E-state index contributed by atoms with van der Waals surface area (Å²) in [6.45, 7) is 5.35. The van der Waals surface area contributed by atoms with E-state index in [0.29, 0.717) is 12.8 Å². The van der Waals surface area contributed by atoms with Crippen molar-refractivity contribution >= 4 is 5.78 Å². The van der Waals surface area contributed by atoms with E-state index in [-0.39, 0.29) is 5.78 Å². The molecule has 0 saturated carbocycles. The SMILES string of the molecule is C=C/C=C/CC(=O)CC. The summed E-state index contributed by atoms with van der Waals surface area (Å²) in [7, 11) is 0. The quantitative estimate of drug-likeness (QED) is 0.524. The van der Waals surface area contributed by atoms with E-state index < -0.39 is 0 Å². The first kappa shape index (κ1) is 8.15. The average molecular weight is 124 g/mol. The number of hydrogen-bond donors (Lipinski definition) is 0. The van der Waals surface area contributed by atoms with Gasteiger partial charge in [-0.15, -0.1) is 0 Å². The van der Waals surface area contributed by atoms with Gasteiger partial charge in [-0.2, -0.15) is 0 Å². The highest BCUT2D eigenvalue weighted by molar-refractivity contribution is 5.79. The Balaban J connectivity index is 3.37. The number of allylic oxidation sites excluding steroid dienone is 3. The van der Waals surface area contributed by atoms with E-state index in [1.54, 1.807) is 12.2 Å². The van der Waals surface area contributed by atoms with Gasteiger partial charge < -0.3 is 0 Å². The molecule has 1 nitrogen and oxygen atoms in total. The number of Topliss-reactive ketones (excluding diaryl/α,β-unsaturated/α-hetero) is 1. The minimum absolute atomic E-state index is 0.271. The number of carbonyl (C=O) groups excluding carboxylic acids is 1. The van der Waals surface area contributed by atoms with E-state index in [9.17, 15) is 4.79 Å². The number of carbonyl (C=O) groups is 1. The van der Waals surface area contributed by atoms with E-state index >= 15 is 0 Å². The van der Waals surface area contributed by atoms with E-state index in [1.807, 2.05) is 13.0 Å². The van der Waals surface area contributed by atoms with Gasteiger partial charge in [0.15, 0.2) is 0 Å². The summed E-state index contributed by atoms with van der Waals surface area (Å²) >= 11 is 0. The smallest absolute Gasteiger partial charge is 0.136 e. The molecule has 0 aliphatic rings. The third-order valence-corrected chi connectivity index (χ3v) is 1.01. The van der Waals surface area contributed by atoms with Crippen molar-refractivity contribution in [1.29, 1.82) is 0 Å². The lowest BCUT2D eigenvalue weighted by atomic mass is 10.2. The first-order valence-corrected chi connectivity index (χ1v) is 3.10. The minimum atomic E-state index is 0.271. The van der Waals surface area contributed by atoms with Gasteiger partial charge in [-0.25, -0.2) is 0 Å². The van der Waals surface area contributed by atoms with Crippen LogP contribution in [-0.4, -0.2) is 5.78 Å². The Bertz CT molecular complexity index is 123. The maximum atomic E-state index is 10.6.